The molecule has 160 valence electrons. The molecule has 0 aliphatic carbocycles. The summed E-state index contributed by atoms with van der Waals surface area (Å²) in [6.45, 7) is 4.04. The van der Waals surface area contributed by atoms with Crippen molar-refractivity contribution >= 4 is 28.0 Å². The Labute approximate surface area is 184 Å². The number of rotatable bonds is 3. The van der Waals surface area contributed by atoms with Gasteiger partial charge in [0.05, 0.1) is 16.6 Å². The van der Waals surface area contributed by atoms with Crippen LogP contribution >= 0.6 is 0 Å². The molecule has 0 bridgehead atoms. The van der Waals surface area contributed by atoms with Crippen molar-refractivity contribution in [2.24, 2.45) is 0 Å². The van der Waals surface area contributed by atoms with Crippen LogP contribution in [0.1, 0.15) is 0 Å². The predicted molar refractivity (Wildman–Crippen MR) is 126 cm³/mol. The van der Waals surface area contributed by atoms with Gasteiger partial charge in [-0.15, -0.1) is 0 Å². The van der Waals surface area contributed by atoms with E-state index in [0.29, 0.717) is 0 Å². The first-order valence-corrected chi connectivity index (χ1v) is 10.7. The topological polar surface area (TPSA) is 97.0 Å². The fourth-order valence-corrected chi connectivity index (χ4v) is 4.18. The third kappa shape index (κ3) is 3.34. The summed E-state index contributed by atoms with van der Waals surface area (Å²) in [5.41, 5.74) is 5.21. The highest BCUT2D eigenvalue weighted by Crippen LogP contribution is 2.27. The molecule has 0 amide bonds. The van der Waals surface area contributed by atoms with Crippen LogP contribution in [0.3, 0.4) is 0 Å². The molecule has 6 rings (SSSR count). The third-order valence-corrected chi connectivity index (χ3v) is 6.03. The van der Waals surface area contributed by atoms with Crippen molar-refractivity contribution in [3.63, 3.8) is 0 Å². The molecule has 1 saturated heterocycles. The summed E-state index contributed by atoms with van der Waals surface area (Å²) in [6, 6.07) is 17.2. The molecule has 8 nitrogen and oxygen atoms in total. The van der Waals surface area contributed by atoms with E-state index in [-0.39, 0.29) is 5.75 Å². The van der Waals surface area contributed by atoms with Gasteiger partial charge in [-0.05, 0) is 49.5 Å². The first kappa shape index (κ1) is 18.8. The number of anilines is 1. The number of imidazole rings is 2. The number of hydrogen-bond acceptors (Lipinski definition) is 6. The number of hydrogen-bond donors (Lipinski definition) is 3. The van der Waals surface area contributed by atoms with Crippen LogP contribution in [0.15, 0.2) is 54.6 Å². The van der Waals surface area contributed by atoms with Crippen molar-refractivity contribution in [1.82, 2.24) is 29.8 Å². The second-order valence-electron chi connectivity index (χ2n) is 8.28. The largest absolute Gasteiger partial charge is 0.508 e. The van der Waals surface area contributed by atoms with Crippen molar-refractivity contribution in [3.8, 4) is 28.5 Å². The fraction of sp³-hybridized carbons (Fsp3) is 0.208. The lowest BCUT2D eigenvalue weighted by Crippen LogP contribution is -2.44. The van der Waals surface area contributed by atoms with Crippen LogP contribution in [0.4, 0.5) is 5.82 Å². The van der Waals surface area contributed by atoms with Crippen molar-refractivity contribution < 1.29 is 5.11 Å². The minimum Gasteiger partial charge on any atom is -0.508 e. The number of piperazine rings is 1. The number of benzene rings is 2. The van der Waals surface area contributed by atoms with Gasteiger partial charge in [0, 0.05) is 37.3 Å². The molecule has 5 aromatic rings. The maximum Gasteiger partial charge on any atom is 0.180 e. The van der Waals surface area contributed by atoms with E-state index in [4.69, 9.17) is 9.97 Å². The Morgan fingerprint density at radius 2 is 1.56 bits per heavy atom. The lowest BCUT2D eigenvalue weighted by atomic mass is 10.2. The Morgan fingerprint density at radius 3 is 2.41 bits per heavy atom. The smallest absolute Gasteiger partial charge is 0.180 e. The number of phenolic OH excluding ortho intramolecular Hbond substituents is 1. The number of pyridine rings is 1. The second-order valence-corrected chi connectivity index (χ2v) is 8.28. The summed E-state index contributed by atoms with van der Waals surface area (Å²) in [5.74, 6) is 2.69. The van der Waals surface area contributed by atoms with Gasteiger partial charge in [-0.1, -0.05) is 12.1 Å². The molecule has 0 spiro atoms. The average Bonchev–Trinajstić information content (AvgIpc) is 3.43. The van der Waals surface area contributed by atoms with E-state index in [1.54, 1.807) is 18.2 Å². The van der Waals surface area contributed by atoms with E-state index in [1.807, 2.05) is 24.3 Å². The Bertz CT molecular complexity index is 1430. The van der Waals surface area contributed by atoms with Crippen LogP contribution in [0.2, 0.25) is 0 Å². The molecule has 4 heterocycles. The standard InChI is InChI=1S/C24H23N7O/c1-30-9-11-31(12-10-30)21-8-7-19-24(28-21)29-23(26-19)16-5-6-18-20(14-16)27-22(25-18)15-3-2-4-17(32)13-15/h2-8,13-14,32H,9-12H2,1H3,(H,25,27)(H,26,28,29). The summed E-state index contributed by atoms with van der Waals surface area (Å²) in [5, 5.41) is 9.76. The van der Waals surface area contributed by atoms with Crippen LogP contribution < -0.4 is 4.90 Å². The molecule has 3 N–H and O–H groups in total. The van der Waals surface area contributed by atoms with E-state index in [2.05, 4.69) is 43.9 Å². The van der Waals surface area contributed by atoms with Gasteiger partial charge in [0.2, 0.25) is 0 Å². The highest BCUT2D eigenvalue weighted by Gasteiger charge is 2.17. The maximum atomic E-state index is 9.76. The van der Waals surface area contributed by atoms with Crippen LogP contribution in [0, 0.1) is 0 Å². The van der Waals surface area contributed by atoms with Gasteiger partial charge in [-0.25, -0.2) is 15.0 Å². The molecule has 1 aliphatic heterocycles. The SMILES string of the molecule is CN1CCN(c2ccc3[nH]c(-c4ccc5nc(-c6cccc(O)c6)[nH]c5c4)nc3n2)CC1. The number of nitrogens with one attached hydrogen (secondary N) is 2. The Morgan fingerprint density at radius 1 is 0.781 bits per heavy atom. The number of fused-ring (bicyclic) bond motifs is 2. The van der Waals surface area contributed by atoms with Crippen molar-refractivity contribution in [1.29, 1.82) is 0 Å². The van der Waals surface area contributed by atoms with Crippen molar-refractivity contribution in [3.05, 3.63) is 54.6 Å². The van der Waals surface area contributed by atoms with Gasteiger partial charge in [0.1, 0.15) is 23.2 Å². The van der Waals surface area contributed by atoms with Gasteiger partial charge in [0.25, 0.3) is 0 Å². The van der Waals surface area contributed by atoms with Gasteiger partial charge >= 0.3 is 0 Å². The van der Waals surface area contributed by atoms with E-state index in [0.717, 1.165) is 77.0 Å². The van der Waals surface area contributed by atoms with Crippen LogP contribution in [-0.2, 0) is 0 Å². The van der Waals surface area contributed by atoms with Crippen molar-refractivity contribution in [2.75, 3.05) is 38.1 Å². The fourth-order valence-electron chi connectivity index (χ4n) is 4.18. The zero-order chi connectivity index (χ0) is 21.7. The average molecular weight is 425 g/mol. The van der Waals surface area contributed by atoms with Gasteiger partial charge < -0.3 is 24.9 Å². The number of H-pyrrole nitrogens is 2. The monoisotopic (exact) mass is 425 g/mol. The molecule has 0 atom stereocenters. The Balaban J connectivity index is 1.33. The van der Waals surface area contributed by atoms with E-state index in [1.165, 1.54) is 0 Å². The number of aromatic nitrogens is 5. The first-order chi connectivity index (χ1) is 15.6. The number of nitrogens with zero attached hydrogens (tertiary/aromatic N) is 5. The van der Waals surface area contributed by atoms with E-state index in [9.17, 15) is 5.11 Å². The van der Waals surface area contributed by atoms with Crippen LogP contribution in [0.25, 0.3) is 45.0 Å². The molecule has 1 fully saturated rings. The van der Waals surface area contributed by atoms with Crippen LogP contribution in [-0.4, -0.2) is 68.2 Å². The van der Waals surface area contributed by atoms with Gasteiger partial charge in [-0.3, -0.25) is 0 Å². The normalized spacial score (nSPS) is 15.1. The maximum absolute atomic E-state index is 9.76. The summed E-state index contributed by atoms with van der Waals surface area (Å²) in [4.78, 5) is 25.6. The zero-order valence-corrected chi connectivity index (χ0v) is 17.7. The number of likely N-dealkylation sites (N-methyl/N-ethyl adjacent to an activating group) is 1. The molecule has 2 aromatic carbocycles. The van der Waals surface area contributed by atoms with E-state index < -0.39 is 0 Å². The van der Waals surface area contributed by atoms with Crippen LogP contribution in [0.5, 0.6) is 5.75 Å². The zero-order valence-electron chi connectivity index (χ0n) is 17.7. The molecule has 0 saturated carbocycles. The quantitative estimate of drug-likeness (QED) is 0.409. The summed E-state index contributed by atoms with van der Waals surface area (Å²) < 4.78 is 0. The summed E-state index contributed by atoms with van der Waals surface area (Å²) in [7, 11) is 2.15. The third-order valence-electron chi connectivity index (χ3n) is 6.03. The Kier molecular flexibility index (Phi) is 4.32. The van der Waals surface area contributed by atoms with Crippen molar-refractivity contribution in [2.45, 2.75) is 0 Å². The summed E-state index contributed by atoms with van der Waals surface area (Å²) >= 11 is 0. The predicted octanol–water partition coefficient (Wildman–Crippen LogP) is 3.63. The molecule has 3 aromatic heterocycles. The summed E-state index contributed by atoms with van der Waals surface area (Å²) in [6.07, 6.45) is 0. The highest BCUT2D eigenvalue weighted by molar-refractivity contribution is 5.85. The minimum absolute atomic E-state index is 0.217. The molecule has 1 aliphatic rings. The lowest BCUT2D eigenvalue weighted by Gasteiger charge is -2.33. The number of aromatic hydroxyl groups is 1. The van der Waals surface area contributed by atoms with Gasteiger partial charge in [0.15, 0.2) is 5.65 Å². The second kappa shape index (κ2) is 7.35. The first-order valence-electron chi connectivity index (χ1n) is 10.7. The number of aromatic amines is 2. The minimum atomic E-state index is 0.217. The molecular weight excluding hydrogens is 402 g/mol. The van der Waals surface area contributed by atoms with E-state index >= 15 is 0 Å². The molecule has 8 heteroatoms. The highest BCUT2D eigenvalue weighted by atomic mass is 16.3. The molecule has 32 heavy (non-hydrogen) atoms. The Hall–Kier alpha value is -3.91. The number of phenols is 1. The molecule has 0 radical (unpaired) electrons. The molecular formula is C24H23N7O. The molecule has 0 unspecified atom stereocenters. The lowest BCUT2D eigenvalue weighted by molar-refractivity contribution is 0.312. The van der Waals surface area contributed by atoms with Gasteiger partial charge in [-0.2, -0.15) is 0 Å².